The molecule has 1 N–H and O–H groups in total. The van der Waals surface area contributed by atoms with E-state index >= 15 is 0 Å². The average molecular weight is 359 g/mol. The van der Waals surface area contributed by atoms with E-state index in [2.05, 4.69) is 21.7 Å². The largest absolute Gasteiger partial charge is 0.497 e. The van der Waals surface area contributed by atoms with Crippen LogP contribution in [0.2, 0.25) is 0 Å². The summed E-state index contributed by atoms with van der Waals surface area (Å²) in [6, 6.07) is 8.26. The fourth-order valence-electron chi connectivity index (χ4n) is 3.14. The van der Waals surface area contributed by atoms with E-state index in [1.165, 1.54) is 0 Å². The fourth-order valence-corrected chi connectivity index (χ4v) is 3.95. The maximum Gasteiger partial charge on any atom is 0.219 e. The molecular weight excluding hydrogens is 334 g/mol. The molecule has 6 heteroatoms. The SMILES string of the molecule is CCC(=O)NC1CCCN(Cc2csc(-c3cccc(OC)c3)n2)C1. The molecule has 1 aliphatic rings. The number of carbonyl (C=O) groups excluding carboxylic acids is 1. The van der Waals surface area contributed by atoms with Gasteiger partial charge in [0.15, 0.2) is 0 Å². The van der Waals surface area contributed by atoms with Gasteiger partial charge in [-0.25, -0.2) is 4.98 Å². The van der Waals surface area contributed by atoms with Gasteiger partial charge in [0.1, 0.15) is 10.8 Å². The van der Waals surface area contributed by atoms with Crippen molar-refractivity contribution in [1.29, 1.82) is 0 Å². The van der Waals surface area contributed by atoms with Gasteiger partial charge in [0.25, 0.3) is 0 Å². The Morgan fingerprint density at radius 3 is 3.16 bits per heavy atom. The fraction of sp³-hybridized carbons (Fsp3) is 0.474. The van der Waals surface area contributed by atoms with Gasteiger partial charge in [-0.3, -0.25) is 9.69 Å². The smallest absolute Gasteiger partial charge is 0.219 e. The molecule has 0 aliphatic carbocycles. The van der Waals surface area contributed by atoms with Crippen LogP contribution in [0.1, 0.15) is 31.9 Å². The van der Waals surface area contributed by atoms with Crippen molar-refractivity contribution < 1.29 is 9.53 Å². The molecule has 1 aliphatic heterocycles. The van der Waals surface area contributed by atoms with Crippen molar-refractivity contribution in [2.24, 2.45) is 0 Å². The zero-order chi connectivity index (χ0) is 17.6. The Bertz CT molecular complexity index is 716. The van der Waals surface area contributed by atoms with Crippen molar-refractivity contribution in [3.05, 3.63) is 35.3 Å². The zero-order valence-corrected chi connectivity index (χ0v) is 15.6. The minimum Gasteiger partial charge on any atom is -0.497 e. The second kappa shape index (κ2) is 8.45. The number of hydrogen-bond donors (Lipinski definition) is 1. The maximum atomic E-state index is 11.6. The first kappa shape index (κ1) is 17.9. The Kier molecular flexibility index (Phi) is 6.04. The number of piperidine rings is 1. The molecule has 1 aromatic heterocycles. The predicted molar refractivity (Wildman–Crippen MR) is 101 cm³/mol. The van der Waals surface area contributed by atoms with Gasteiger partial charge in [0.05, 0.1) is 12.8 Å². The summed E-state index contributed by atoms with van der Waals surface area (Å²) in [6.07, 6.45) is 2.72. The van der Waals surface area contributed by atoms with E-state index in [0.29, 0.717) is 6.42 Å². The molecule has 134 valence electrons. The Morgan fingerprint density at radius 2 is 2.36 bits per heavy atom. The molecule has 1 atom stereocenters. The van der Waals surface area contributed by atoms with Crippen molar-refractivity contribution in [3.63, 3.8) is 0 Å². The molecule has 1 unspecified atom stereocenters. The van der Waals surface area contributed by atoms with Crippen molar-refractivity contribution >= 4 is 17.2 Å². The third-order valence-corrected chi connectivity index (χ3v) is 5.39. The number of rotatable bonds is 6. The summed E-state index contributed by atoms with van der Waals surface area (Å²) in [5.74, 6) is 0.987. The van der Waals surface area contributed by atoms with Crippen LogP contribution in [-0.2, 0) is 11.3 Å². The highest BCUT2D eigenvalue weighted by Gasteiger charge is 2.21. The van der Waals surface area contributed by atoms with Gasteiger partial charge in [-0.15, -0.1) is 11.3 Å². The summed E-state index contributed by atoms with van der Waals surface area (Å²) >= 11 is 1.66. The van der Waals surface area contributed by atoms with Gasteiger partial charge in [-0.2, -0.15) is 0 Å². The summed E-state index contributed by atoms with van der Waals surface area (Å²) in [5, 5.41) is 6.26. The first-order chi connectivity index (χ1) is 12.2. The second-order valence-electron chi connectivity index (χ2n) is 6.37. The standard InChI is InChI=1S/C19H25N3O2S/c1-3-18(23)20-15-7-5-9-22(11-15)12-16-13-25-19(21-16)14-6-4-8-17(10-14)24-2/h4,6,8,10,13,15H,3,5,7,9,11-12H2,1-2H3,(H,20,23). The van der Waals surface area contributed by atoms with E-state index in [1.807, 2.05) is 25.1 Å². The molecule has 1 saturated heterocycles. The van der Waals surface area contributed by atoms with Crippen LogP contribution in [0.5, 0.6) is 5.75 Å². The molecule has 0 saturated carbocycles. The second-order valence-corrected chi connectivity index (χ2v) is 7.23. The highest BCUT2D eigenvalue weighted by molar-refractivity contribution is 7.13. The molecule has 0 bridgehead atoms. The summed E-state index contributed by atoms with van der Waals surface area (Å²) in [6.45, 7) is 4.69. The third kappa shape index (κ3) is 4.80. The minimum atomic E-state index is 0.140. The number of ether oxygens (including phenoxy) is 1. The van der Waals surface area contributed by atoms with Crippen LogP contribution in [0.25, 0.3) is 10.6 Å². The summed E-state index contributed by atoms with van der Waals surface area (Å²) in [7, 11) is 1.68. The molecular formula is C19H25N3O2S. The Balaban J connectivity index is 1.62. The Labute approximate surface area is 153 Å². The molecule has 0 radical (unpaired) electrons. The lowest BCUT2D eigenvalue weighted by atomic mass is 10.1. The molecule has 5 nitrogen and oxygen atoms in total. The number of benzene rings is 1. The molecule has 1 fully saturated rings. The first-order valence-corrected chi connectivity index (χ1v) is 9.66. The maximum absolute atomic E-state index is 11.6. The molecule has 2 heterocycles. The van der Waals surface area contributed by atoms with Crippen molar-refractivity contribution in [1.82, 2.24) is 15.2 Å². The lowest BCUT2D eigenvalue weighted by Crippen LogP contribution is -2.47. The molecule has 1 aromatic carbocycles. The van der Waals surface area contributed by atoms with Crippen LogP contribution in [-0.4, -0.2) is 42.0 Å². The minimum absolute atomic E-state index is 0.140. The Hall–Kier alpha value is -1.92. The normalized spacial score (nSPS) is 18.1. The highest BCUT2D eigenvalue weighted by Crippen LogP contribution is 2.27. The predicted octanol–water partition coefficient (Wildman–Crippen LogP) is 3.31. The highest BCUT2D eigenvalue weighted by atomic mass is 32.1. The lowest BCUT2D eigenvalue weighted by Gasteiger charge is -2.32. The Morgan fingerprint density at radius 1 is 1.48 bits per heavy atom. The van der Waals surface area contributed by atoms with Crippen LogP contribution < -0.4 is 10.1 Å². The van der Waals surface area contributed by atoms with E-state index in [4.69, 9.17) is 9.72 Å². The first-order valence-electron chi connectivity index (χ1n) is 8.78. The van der Waals surface area contributed by atoms with Crippen LogP contribution in [0.15, 0.2) is 29.6 Å². The van der Waals surface area contributed by atoms with Gasteiger partial charge in [0.2, 0.25) is 5.91 Å². The molecule has 1 amide bonds. The van der Waals surface area contributed by atoms with Crippen LogP contribution in [0.3, 0.4) is 0 Å². The van der Waals surface area contributed by atoms with Crippen molar-refractivity contribution in [2.45, 2.75) is 38.8 Å². The number of nitrogens with zero attached hydrogens (tertiary/aromatic N) is 2. The van der Waals surface area contributed by atoms with Gasteiger partial charge < -0.3 is 10.1 Å². The van der Waals surface area contributed by atoms with E-state index in [1.54, 1.807) is 18.4 Å². The number of aromatic nitrogens is 1. The summed E-state index contributed by atoms with van der Waals surface area (Å²) in [4.78, 5) is 18.8. The number of amides is 1. The van der Waals surface area contributed by atoms with Gasteiger partial charge in [-0.05, 0) is 31.5 Å². The number of hydrogen-bond acceptors (Lipinski definition) is 5. The number of thiazole rings is 1. The summed E-state index contributed by atoms with van der Waals surface area (Å²) in [5.41, 5.74) is 2.17. The number of carbonyl (C=O) groups is 1. The lowest BCUT2D eigenvalue weighted by molar-refractivity contribution is -0.121. The number of methoxy groups -OCH3 is 1. The van der Waals surface area contributed by atoms with Crippen molar-refractivity contribution in [2.75, 3.05) is 20.2 Å². The topological polar surface area (TPSA) is 54.5 Å². The van der Waals surface area contributed by atoms with E-state index in [9.17, 15) is 4.79 Å². The molecule has 25 heavy (non-hydrogen) atoms. The number of likely N-dealkylation sites (tertiary alicyclic amines) is 1. The number of nitrogens with one attached hydrogen (secondary N) is 1. The monoisotopic (exact) mass is 359 g/mol. The average Bonchev–Trinajstić information content (AvgIpc) is 3.10. The summed E-state index contributed by atoms with van der Waals surface area (Å²) < 4.78 is 5.29. The molecule has 2 aromatic rings. The van der Waals surface area contributed by atoms with Gasteiger partial charge in [-0.1, -0.05) is 19.1 Å². The van der Waals surface area contributed by atoms with Crippen molar-refractivity contribution in [3.8, 4) is 16.3 Å². The van der Waals surface area contributed by atoms with Crippen LogP contribution >= 0.6 is 11.3 Å². The quantitative estimate of drug-likeness (QED) is 0.860. The third-order valence-electron chi connectivity index (χ3n) is 4.45. The van der Waals surface area contributed by atoms with Gasteiger partial charge >= 0.3 is 0 Å². The van der Waals surface area contributed by atoms with E-state index in [-0.39, 0.29) is 11.9 Å². The van der Waals surface area contributed by atoms with Gasteiger partial charge in [0, 0.05) is 36.5 Å². The van der Waals surface area contributed by atoms with Crippen LogP contribution in [0.4, 0.5) is 0 Å². The molecule has 3 rings (SSSR count). The van der Waals surface area contributed by atoms with E-state index < -0.39 is 0 Å². The van der Waals surface area contributed by atoms with E-state index in [0.717, 1.165) is 54.5 Å². The zero-order valence-electron chi connectivity index (χ0n) is 14.8. The molecule has 0 spiro atoms. The van der Waals surface area contributed by atoms with Crippen LogP contribution in [0, 0.1) is 0 Å².